The van der Waals surface area contributed by atoms with Crippen molar-refractivity contribution in [3.63, 3.8) is 0 Å². The molecule has 3 aromatic rings. The van der Waals surface area contributed by atoms with E-state index in [4.69, 9.17) is 26.2 Å². The van der Waals surface area contributed by atoms with Gasteiger partial charge in [-0.2, -0.15) is 0 Å². The molecule has 1 aromatic heterocycles. The standard InChI is InChI=1S/C18H14ClNO4/c19-15-5-16-14(11(7-21)6-20-16)4-13(15)10-1-2-17-18(3-10)23-9-12(8-22)24-17/h1-7,12,20,22H,8-9H2/t12-/m1/s1. The number of aliphatic hydroxyl groups excluding tert-OH is 1. The van der Waals surface area contributed by atoms with E-state index in [-0.39, 0.29) is 12.7 Å². The Morgan fingerprint density at radius 3 is 2.96 bits per heavy atom. The molecule has 6 heteroatoms. The molecule has 0 radical (unpaired) electrons. The van der Waals surface area contributed by atoms with Crippen LogP contribution in [-0.2, 0) is 0 Å². The number of aromatic nitrogens is 1. The Morgan fingerprint density at radius 2 is 2.17 bits per heavy atom. The van der Waals surface area contributed by atoms with E-state index in [0.29, 0.717) is 28.7 Å². The van der Waals surface area contributed by atoms with Crippen LogP contribution < -0.4 is 9.47 Å². The lowest BCUT2D eigenvalue weighted by Gasteiger charge is -2.25. The van der Waals surface area contributed by atoms with Crippen LogP contribution in [0.15, 0.2) is 36.5 Å². The van der Waals surface area contributed by atoms with Crippen molar-refractivity contribution >= 4 is 28.8 Å². The maximum atomic E-state index is 11.2. The zero-order valence-electron chi connectivity index (χ0n) is 12.6. The van der Waals surface area contributed by atoms with Crippen LogP contribution in [0.4, 0.5) is 0 Å². The van der Waals surface area contributed by atoms with E-state index in [9.17, 15) is 4.79 Å². The molecule has 1 atom stereocenters. The van der Waals surface area contributed by atoms with Crippen LogP contribution in [0.5, 0.6) is 11.5 Å². The van der Waals surface area contributed by atoms with Crippen molar-refractivity contribution in [2.24, 2.45) is 0 Å². The first-order chi connectivity index (χ1) is 11.7. The minimum atomic E-state index is -0.349. The van der Waals surface area contributed by atoms with Crippen molar-refractivity contribution < 1.29 is 19.4 Å². The number of hydrogen-bond donors (Lipinski definition) is 2. The second-order valence-corrected chi connectivity index (χ2v) is 6.04. The first-order valence-corrected chi connectivity index (χ1v) is 7.88. The van der Waals surface area contributed by atoms with E-state index in [1.54, 1.807) is 18.3 Å². The summed E-state index contributed by atoms with van der Waals surface area (Å²) in [6.45, 7) is 0.207. The number of fused-ring (bicyclic) bond motifs is 2. The van der Waals surface area contributed by atoms with Crippen molar-refractivity contribution in [1.29, 1.82) is 0 Å². The van der Waals surface area contributed by atoms with Gasteiger partial charge < -0.3 is 19.6 Å². The number of benzene rings is 2. The van der Waals surface area contributed by atoms with E-state index in [1.165, 1.54) is 0 Å². The highest BCUT2D eigenvalue weighted by molar-refractivity contribution is 6.34. The van der Waals surface area contributed by atoms with Crippen molar-refractivity contribution in [2.75, 3.05) is 13.2 Å². The number of H-pyrrole nitrogens is 1. The number of halogens is 1. The molecular formula is C18H14ClNO4. The van der Waals surface area contributed by atoms with Crippen molar-refractivity contribution in [1.82, 2.24) is 4.98 Å². The zero-order valence-corrected chi connectivity index (χ0v) is 13.3. The Morgan fingerprint density at radius 1 is 1.29 bits per heavy atom. The average Bonchev–Trinajstić information content (AvgIpc) is 3.01. The van der Waals surface area contributed by atoms with Gasteiger partial charge in [-0.05, 0) is 29.8 Å². The second kappa shape index (κ2) is 5.85. The molecule has 0 bridgehead atoms. The third-order valence-corrected chi connectivity index (χ3v) is 4.42. The van der Waals surface area contributed by atoms with Crippen LogP contribution in [0.1, 0.15) is 10.4 Å². The van der Waals surface area contributed by atoms with Gasteiger partial charge in [0.05, 0.1) is 11.6 Å². The molecule has 2 N–H and O–H groups in total. The summed E-state index contributed by atoms with van der Waals surface area (Å²) in [5.74, 6) is 1.20. The Hall–Kier alpha value is -2.50. The molecule has 1 aliphatic heterocycles. The van der Waals surface area contributed by atoms with Crippen LogP contribution in [-0.4, -0.2) is 35.7 Å². The van der Waals surface area contributed by atoms with Gasteiger partial charge in [-0.1, -0.05) is 17.7 Å². The van der Waals surface area contributed by atoms with Crippen molar-refractivity contribution in [2.45, 2.75) is 6.10 Å². The fourth-order valence-corrected chi connectivity index (χ4v) is 3.13. The second-order valence-electron chi connectivity index (χ2n) is 5.63. The number of nitrogens with one attached hydrogen (secondary N) is 1. The monoisotopic (exact) mass is 343 g/mol. The molecule has 4 rings (SSSR count). The molecule has 0 saturated carbocycles. The first-order valence-electron chi connectivity index (χ1n) is 7.50. The number of ether oxygens (including phenoxy) is 2. The lowest BCUT2D eigenvalue weighted by atomic mass is 10.0. The van der Waals surface area contributed by atoms with Crippen molar-refractivity contribution in [3.8, 4) is 22.6 Å². The first kappa shape index (κ1) is 15.1. The summed E-state index contributed by atoms with van der Waals surface area (Å²) in [6.07, 6.45) is 2.13. The summed E-state index contributed by atoms with van der Waals surface area (Å²) in [4.78, 5) is 14.2. The average molecular weight is 344 g/mol. The smallest absolute Gasteiger partial charge is 0.162 e. The van der Waals surface area contributed by atoms with Gasteiger partial charge in [0.15, 0.2) is 23.9 Å². The molecule has 0 aliphatic carbocycles. The molecule has 2 aromatic carbocycles. The third kappa shape index (κ3) is 2.42. The predicted molar refractivity (Wildman–Crippen MR) is 91.1 cm³/mol. The molecule has 122 valence electrons. The van der Waals surface area contributed by atoms with E-state index in [2.05, 4.69) is 4.98 Å². The fourth-order valence-electron chi connectivity index (χ4n) is 2.86. The molecule has 5 nitrogen and oxygen atoms in total. The zero-order chi connectivity index (χ0) is 16.7. The van der Waals surface area contributed by atoms with Crippen LogP contribution in [0, 0.1) is 0 Å². The van der Waals surface area contributed by atoms with E-state index in [1.807, 2.05) is 18.2 Å². The van der Waals surface area contributed by atoms with Gasteiger partial charge in [-0.25, -0.2) is 0 Å². The number of aliphatic hydroxyl groups is 1. The Labute approximate surface area is 142 Å². The number of rotatable bonds is 3. The molecule has 0 saturated heterocycles. The summed E-state index contributed by atoms with van der Waals surface area (Å²) in [6, 6.07) is 9.22. The highest BCUT2D eigenvalue weighted by Gasteiger charge is 2.21. The SMILES string of the molecule is O=Cc1c[nH]c2cc(Cl)c(-c3ccc4c(c3)OC[C@@H](CO)O4)cc12. The molecular weight excluding hydrogens is 330 g/mol. The highest BCUT2D eigenvalue weighted by atomic mass is 35.5. The molecule has 24 heavy (non-hydrogen) atoms. The van der Waals surface area contributed by atoms with Gasteiger partial charge in [0, 0.05) is 28.2 Å². The number of aldehydes is 1. The van der Waals surface area contributed by atoms with E-state index in [0.717, 1.165) is 28.3 Å². The summed E-state index contributed by atoms with van der Waals surface area (Å²) in [7, 11) is 0. The fraction of sp³-hybridized carbons (Fsp3) is 0.167. The highest BCUT2D eigenvalue weighted by Crippen LogP contribution is 2.39. The normalized spacial score (nSPS) is 16.3. The van der Waals surface area contributed by atoms with Crippen LogP contribution >= 0.6 is 11.6 Å². The van der Waals surface area contributed by atoms with Crippen LogP contribution in [0.25, 0.3) is 22.0 Å². The third-order valence-electron chi connectivity index (χ3n) is 4.11. The number of hydrogen-bond acceptors (Lipinski definition) is 4. The lowest BCUT2D eigenvalue weighted by molar-refractivity contribution is 0.0457. The van der Waals surface area contributed by atoms with Gasteiger partial charge in [-0.15, -0.1) is 0 Å². The molecule has 1 aliphatic rings. The molecule has 0 amide bonds. The molecule has 0 fully saturated rings. The Bertz CT molecular complexity index is 934. The summed E-state index contributed by atoms with van der Waals surface area (Å²) in [5.41, 5.74) is 3.08. The number of aromatic amines is 1. The van der Waals surface area contributed by atoms with Gasteiger partial charge >= 0.3 is 0 Å². The van der Waals surface area contributed by atoms with E-state index < -0.39 is 0 Å². The topological polar surface area (TPSA) is 71.6 Å². The number of carbonyl (C=O) groups excluding carboxylic acids is 1. The largest absolute Gasteiger partial charge is 0.486 e. The minimum Gasteiger partial charge on any atom is -0.486 e. The maximum absolute atomic E-state index is 11.2. The predicted octanol–water partition coefficient (Wildman–Crippen LogP) is 3.43. The summed E-state index contributed by atoms with van der Waals surface area (Å²) >= 11 is 6.41. The van der Waals surface area contributed by atoms with Crippen LogP contribution in [0.3, 0.4) is 0 Å². The van der Waals surface area contributed by atoms with Crippen molar-refractivity contribution in [3.05, 3.63) is 47.1 Å². The van der Waals surface area contributed by atoms with Gasteiger partial charge in [0.25, 0.3) is 0 Å². The summed E-state index contributed by atoms with van der Waals surface area (Å²) < 4.78 is 11.3. The Kier molecular flexibility index (Phi) is 3.67. The number of carbonyl (C=O) groups is 1. The molecule has 2 heterocycles. The lowest BCUT2D eigenvalue weighted by Crippen LogP contribution is -2.32. The molecule has 0 unspecified atom stereocenters. The quantitative estimate of drug-likeness (QED) is 0.715. The minimum absolute atomic E-state index is 0.0916. The van der Waals surface area contributed by atoms with Gasteiger partial charge in [0.2, 0.25) is 0 Å². The van der Waals surface area contributed by atoms with Crippen LogP contribution in [0.2, 0.25) is 5.02 Å². The van der Waals surface area contributed by atoms with Gasteiger partial charge in [0.1, 0.15) is 6.61 Å². The van der Waals surface area contributed by atoms with Gasteiger partial charge in [-0.3, -0.25) is 4.79 Å². The molecule has 0 spiro atoms. The Balaban J connectivity index is 1.80. The maximum Gasteiger partial charge on any atom is 0.162 e. The summed E-state index contributed by atoms with van der Waals surface area (Å²) in [5, 5.41) is 10.6. The van der Waals surface area contributed by atoms with E-state index >= 15 is 0 Å².